The van der Waals surface area contributed by atoms with E-state index in [-0.39, 0.29) is 22.8 Å². The fourth-order valence-electron chi connectivity index (χ4n) is 3.58. The van der Waals surface area contributed by atoms with Crippen molar-refractivity contribution >= 4 is 34.7 Å². The largest absolute Gasteiger partial charge is 0.497 e. The van der Waals surface area contributed by atoms with Gasteiger partial charge < -0.3 is 19.5 Å². The molecule has 29 heavy (non-hydrogen) atoms. The van der Waals surface area contributed by atoms with Gasteiger partial charge >= 0.3 is 0 Å². The van der Waals surface area contributed by atoms with E-state index in [1.165, 1.54) is 4.57 Å². The number of carbonyl (C=O) groups excluding carboxylic acids is 1. The highest BCUT2D eigenvalue weighted by atomic mass is 32.1. The fraction of sp³-hybridized carbons (Fsp3) is 0.286. The average molecular weight is 410 g/mol. The summed E-state index contributed by atoms with van der Waals surface area (Å²) >= 11 is 5.31. The molecule has 150 valence electrons. The highest BCUT2D eigenvalue weighted by molar-refractivity contribution is 7.71. The van der Waals surface area contributed by atoms with Gasteiger partial charge in [0.25, 0.3) is 5.56 Å². The number of hydrogen-bond donors (Lipinski definition) is 1. The SMILES string of the molecule is COc1ccc(N2CCN(C(=O)Cn3c(=S)[nH]c4ccccc4c3=O)CC2)cc1. The van der Waals surface area contributed by atoms with Crippen LogP contribution in [0.5, 0.6) is 5.75 Å². The molecule has 1 N–H and O–H groups in total. The van der Waals surface area contributed by atoms with Crippen molar-refractivity contribution in [3.05, 3.63) is 63.7 Å². The number of H-pyrrole nitrogens is 1. The number of carbonyl (C=O) groups is 1. The first kappa shape index (κ1) is 19.2. The van der Waals surface area contributed by atoms with Crippen molar-refractivity contribution in [3.63, 3.8) is 0 Å². The monoisotopic (exact) mass is 410 g/mol. The second-order valence-electron chi connectivity index (χ2n) is 6.93. The van der Waals surface area contributed by atoms with Crippen molar-refractivity contribution in [3.8, 4) is 5.75 Å². The highest BCUT2D eigenvalue weighted by Crippen LogP contribution is 2.20. The van der Waals surface area contributed by atoms with E-state index in [1.807, 2.05) is 30.3 Å². The van der Waals surface area contributed by atoms with E-state index < -0.39 is 0 Å². The summed E-state index contributed by atoms with van der Waals surface area (Å²) in [5, 5.41) is 0.526. The van der Waals surface area contributed by atoms with Gasteiger partial charge in [0.05, 0.1) is 18.0 Å². The van der Waals surface area contributed by atoms with Crippen LogP contribution >= 0.6 is 12.2 Å². The molecule has 2 aromatic carbocycles. The summed E-state index contributed by atoms with van der Waals surface area (Å²) in [5.74, 6) is 0.719. The minimum absolute atomic E-state index is 0.0540. The van der Waals surface area contributed by atoms with Crippen molar-refractivity contribution in [1.29, 1.82) is 0 Å². The third kappa shape index (κ3) is 3.88. The Morgan fingerprint density at radius 1 is 1.07 bits per heavy atom. The predicted octanol–water partition coefficient (Wildman–Crippen LogP) is 2.42. The van der Waals surface area contributed by atoms with E-state index in [0.29, 0.717) is 24.0 Å². The summed E-state index contributed by atoms with van der Waals surface area (Å²) in [6, 6.07) is 15.1. The number of fused-ring (bicyclic) bond motifs is 1. The number of amides is 1. The first-order valence-electron chi connectivity index (χ1n) is 9.45. The first-order valence-corrected chi connectivity index (χ1v) is 9.86. The Hall–Kier alpha value is -3.13. The molecule has 0 saturated carbocycles. The highest BCUT2D eigenvalue weighted by Gasteiger charge is 2.22. The molecule has 0 radical (unpaired) electrons. The van der Waals surface area contributed by atoms with E-state index in [4.69, 9.17) is 17.0 Å². The zero-order valence-electron chi connectivity index (χ0n) is 16.1. The molecule has 2 heterocycles. The molecule has 1 amide bonds. The fourth-order valence-corrected chi connectivity index (χ4v) is 3.84. The summed E-state index contributed by atoms with van der Waals surface area (Å²) in [5.41, 5.74) is 1.54. The number of methoxy groups -OCH3 is 1. The van der Waals surface area contributed by atoms with Gasteiger partial charge in [-0.15, -0.1) is 0 Å². The number of nitrogens with zero attached hydrogens (tertiary/aromatic N) is 3. The molecule has 1 aromatic heterocycles. The van der Waals surface area contributed by atoms with Gasteiger partial charge in [-0.1, -0.05) is 12.1 Å². The molecule has 0 atom stereocenters. The number of ether oxygens (including phenoxy) is 1. The van der Waals surface area contributed by atoms with Crippen LogP contribution in [0.3, 0.4) is 0 Å². The molecule has 7 nitrogen and oxygen atoms in total. The second kappa shape index (κ2) is 8.08. The maximum Gasteiger partial charge on any atom is 0.262 e. The lowest BCUT2D eigenvalue weighted by Crippen LogP contribution is -2.50. The maximum atomic E-state index is 12.8. The minimum atomic E-state index is -0.241. The smallest absolute Gasteiger partial charge is 0.262 e. The van der Waals surface area contributed by atoms with Gasteiger partial charge in [0, 0.05) is 31.9 Å². The van der Waals surface area contributed by atoms with Gasteiger partial charge in [0.1, 0.15) is 12.3 Å². The molecular weight excluding hydrogens is 388 g/mol. The summed E-state index contributed by atoms with van der Waals surface area (Å²) in [6.07, 6.45) is 0. The molecule has 0 unspecified atom stereocenters. The number of rotatable bonds is 4. The number of aromatic amines is 1. The third-order valence-electron chi connectivity index (χ3n) is 5.25. The number of hydrogen-bond acceptors (Lipinski definition) is 5. The van der Waals surface area contributed by atoms with Crippen molar-refractivity contribution in [2.24, 2.45) is 0 Å². The molecule has 1 fully saturated rings. The van der Waals surface area contributed by atoms with Gasteiger partial charge in [0.15, 0.2) is 4.77 Å². The van der Waals surface area contributed by atoms with Crippen molar-refractivity contribution in [2.75, 3.05) is 38.2 Å². The van der Waals surface area contributed by atoms with Crippen LogP contribution in [0, 0.1) is 4.77 Å². The molecule has 0 spiro atoms. The van der Waals surface area contributed by atoms with E-state index >= 15 is 0 Å². The molecule has 4 rings (SSSR count). The quantitative estimate of drug-likeness (QED) is 0.669. The Balaban J connectivity index is 1.44. The number of para-hydroxylation sites is 1. The summed E-state index contributed by atoms with van der Waals surface area (Å²) < 4.78 is 6.80. The Morgan fingerprint density at radius 2 is 1.76 bits per heavy atom. The van der Waals surface area contributed by atoms with Crippen LogP contribution in [0.1, 0.15) is 0 Å². The van der Waals surface area contributed by atoms with E-state index in [0.717, 1.165) is 24.5 Å². The Morgan fingerprint density at radius 3 is 2.45 bits per heavy atom. The van der Waals surface area contributed by atoms with Gasteiger partial charge in [-0.2, -0.15) is 0 Å². The lowest BCUT2D eigenvalue weighted by Gasteiger charge is -2.36. The van der Waals surface area contributed by atoms with Crippen molar-refractivity contribution in [2.45, 2.75) is 6.54 Å². The lowest BCUT2D eigenvalue weighted by molar-refractivity contribution is -0.132. The van der Waals surface area contributed by atoms with Gasteiger partial charge in [-0.3, -0.25) is 14.2 Å². The first-order chi connectivity index (χ1) is 14.1. The number of nitrogens with one attached hydrogen (secondary N) is 1. The van der Waals surface area contributed by atoms with E-state index in [2.05, 4.69) is 9.88 Å². The number of benzene rings is 2. The predicted molar refractivity (Wildman–Crippen MR) is 115 cm³/mol. The second-order valence-corrected chi connectivity index (χ2v) is 7.32. The summed E-state index contributed by atoms with van der Waals surface area (Å²) in [4.78, 5) is 32.6. The van der Waals surface area contributed by atoms with Crippen LogP contribution in [-0.2, 0) is 11.3 Å². The summed E-state index contributed by atoms with van der Waals surface area (Å²) in [6.45, 7) is 2.62. The number of anilines is 1. The molecule has 1 saturated heterocycles. The standard InChI is InChI=1S/C21H22N4O3S/c1-28-16-8-6-15(7-9-16)23-10-12-24(13-11-23)19(26)14-25-20(27)17-4-2-3-5-18(17)22-21(25)29/h2-9H,10-14H2,1H3,(H,22,29). The van der Waals surface area contributed by atoms with Gasteiger partial charge in [-0.05, 0) is 48.6 Å². The normalized spacial score (nSPS) is 14.2. The topological polar surface area (TPSA) is 70.6 Å². The van der Waals surface area contributed by atoms with E-state index in [1.54, 1.807) is 30.2 Å². The number of aromatic nitrogens is 2. The van der Waals surface area contributed by atoms with Crippen LogP contribution in [-0.4, -0.2) is 53.6 Å². The van der Waals surface area contributed by atoms with Crippen LogP contribution in [0.2, 0.25) is 0 Å². The van der Waals surface area contributed by atoms with Crippen LogP contribution in [0.15, 0.2) is 53.3 Å². The molecule has 0 aliphatic carbocycles. The Labute approximate surface area is 173 Å². The zero-order chi connectivity index (χ0) is 20.4. The molecular formula is C21H22N4O3S. The lowest BCUT2D eigenvalue weighted by atomic mass is 10.2. The van der Waals surface area contributed by atoms with Crippen LogP contribution < -0.4 is 15.2 Å². The van der Waals surface area contributed by atoms with Crippen LogP contribution in [0.25, 0.3) is 10.9 Å². The molecule has 0 bridgehead atoms. The van der Waals surface area contributed by atoms with Crippen molar-refractivity contribution in [1.82, 2.24) is 14.5 Å². The third-order valence-corrected chi connectivity index (χ3v) is 5.58. The molecule has 8 heteroatoms. The Kier molecular flexibility index (Phi) is 5.35. The van der Waals surface area contributed by atoms with Crippen LogP contribution in [0.4, 0.5) is 5.69 Å². The van der Waals surface area contributed by atoms with Gasteiger partial charge in [-0.25, -0.2) is 0 Å². The molecule has 3 aromatic rings. The van der Waals surface area contributed by atoms with Gasteiger partial charge in [0.2, 0.25) is 5.91 Å². The average Bonchev–Trinajstić information content (AvgIpc) is 2.76. The Bertz CT molecular complexity index is 1150. The minimum Gasteiger partial charge on any atom is -0.497 e. The van der Waals surface area contributed by atoms with E-state index in [9.17, 15) is 9.59 Å². The van der Waals surface area contributed by atoms with Crippen molar-refractivity contribution < 1.29 is 9.53 Å². The number of piperazine rings is 1. The maximum absolute atomic E-state index is 12.8. The molecule has 1 aliphatic heterocycles. The zero-order valence-corrected chi connectivity index (χ0v) is 16.9. The summed E-state index contributed by atoms with van der Waals surface area (Å²) in [7, 11) is 1.65. The molecule has 1 aliphatic rings.